The molecule has 3 unspecified atom stereocenters. The summed E-state index contributed by atoms with van der Waals surface area (Å²) >= 11 is -10.7. The van der Waals surface area contributed by atoms with Crippen LogP contribution in [0.4, 0.5) is 7.00 Å². The Labute approximate surface area is 151 Å². The second-order valence-electron chi connectivity index (χ2n) is 6.69. The zero-order valence-corrected chi connectivity index (χ0v) is 20.7. The van der Waals surface area contributed by atoms with Gasteiger partial charge in [-0.25, -0.2) is 0 Å². The summed E-state index contributed by atoms with van der Waals surface area (Å²) < 4.78 is 49.4. The third kappa shape index (κ3) is 4.67. The molecule has 0 radical (unpaired) electrons. The summed E-state index contributed by atoms with van der Waals surface area (Å²) in [5, 5.41) is 0. The molecule has 0 aromatic rings. The van der Waals surface area contributed by atoms with Crippen molar-refractivity contribution < 1.29 is 33.0 Å². The first-order valence-corrected chi connectivity index (χ1v) is 23.7. The molecule has 141 valence electrons. The Kier molecular flexibility index (Phi) is 9.02. The van der Waals surface area contributed by atoms with Crippen molar-refractivity contribution in [2.75, 3.05) is 0 Å². The average Bonchev–Trinajstić information content (AvgIpc) is 3.09. The minimum absolute atomic E-state index is 0.301. The summed E-state index contributed by atoms with van der Waals surface area (Å²) in [5.74, 6) is 0. The molecule has 0 saturated heterocycles. The van der Waals surface area contributed by atoms with Gasteiger partial charge in [-0.2, -0.15) is 0 Å². The maximum atomic E-state index is 15.0. The van der Waals surface area contributed by atoms with Crippen LogP contribution in [-0.4, -0.2) is 29.8 Å². The Bertz CT molecular complexity index is 437. The molecule has 3 atom stereocenters. The molecule has 1 rings (SSSR count). The molecule has 0 fully saturated rings. The van der Waals surface area contributed by atoms with Crippen molar-refractivity contribution >= 4 is 11.5 Å². The van der Waals surface area contributed by atoms with Gasteiger partial charge in [0.2, 0.25) is 0 Å². The molecular formula is C17H33F2GeO3Zr. The van der Waals surface area contributed by atoms with Crippen LogP contribution in [0, 0.1) is 0 Å². The van der Waals surface area contributed by atoms with Gasteiger partial charge in [-0.15, -0.1) is 0 Å². The van der Waals surface area contributed by atoms with Crippen LogP contribution in [0.25, 0.3) is 0 Å². The standard InChI is InChI=1S/C5H5.3C4H9O.F2GeH.Zr/c1-2-4-5-3-1;3*1-3-4(2)5;1-3-2;/h1-3H,4H2;3*4H,3H2,1-2H3;3H;/q;3*-1;;+3. The van der Waals surface area contributed by atoms with Crippen LogP contribution in [0.2, 0.25) is 0 Å². The zero-order chi connectivity index (χ0) is 18.4. The Morgan fingerprint density at radius 3 is 1.62 bits per heavy atom. The summed E-state index contributed by atoms with van der Waals surface area (Å²) in [6, 6.07) is 0. The molecule has 3 nitrogen and oxygen atoms in total. The van der Waals surface area contributed by atoms with Crippen LogP contribution < -0.4 is 0 Å². The Balaban J connectivity index is 3.54. The van der Waals surface area contributed by atoms with Gasteiger partial charge in [0.25, 0.3) is 0 Å². The van der Waals surface area contributed by atoms with E-state index in [1.54, 1.807) is 6.08 Å². The number of allylic oxidation sites excluding steroid dienone is 4. The van der Waals surface area contributed by atoms with Gasteiger partial charge in [0.15, 0.2) is 0 Å². The van der Waals surface area contributed by atoms with E-state index in [-0.39, 0.29) is 18.3 Å². The molecule has 0 saturated carbocycles. The fraction of sp³-hybridized carbons (Fsp3) is 0.765. The Hall–Kier alpha value is 0.646. The number of hydrogen-bond acceptors (Lipinski definition) is 3. The van der Waals surface area contributed by atoms with Crippen LogP contribution in [0.1, 0.15) is 67.2 Å². The van der Waals surface area contributed by atoms with Gasteiger partial charge in [0.05, 0.1) is 0 Å². The quantitative estimate of drug-likeness (QED) is 0.367. The molecular weight excluding hydrogens is 454 g/mol. The third-order valence-electron chi connectivity index (χ3n) is 4.72. The van der Waals surface area contributed by atoms with E-state index in [0.717, 1.165) is 0 Å². The predicted octanol–water partition coefficient (Wildman–Crippen LogP) is 5.37. The summed E-state index contributed by atoms with van der Waals surface area (Å²) in [4.78, 5) is 0. The van der Waals surface area contributed by atoms with Gasteiger partial charge in [0, 0.05) is 0 Å². The van der Waals surface area contributed by atoms with Crippen molar-refractivity contribution in [1.82, 2.24) is 0 Å². The fourth-order valence-electron chi connectivity index (χ4n) is 2.78. The van der Waals surface area contributed by atoms with Gasteiger partial charge in [-0.3, -0.25) is 0 Å². The Morgan fingerprint density at radius 1 is 0.958 bits per heavy atom. The van der Waals surface area contributed by atoms with E-state index in [1.165, 1.54) is 0 Å². The zero-order valence-electron chi connectivity index (χ0n) is 15.9. The van der Waals surface area contributed by atoms with Gasteiger partial charge < -0.3 is 0 Å². The molecule has 1 aliphatic carbocycles. The van der Waals surface area contributed by atoms with Crippen LogP contribution in [0.5, 0.6) is 0 Å². The molecule has 0 bridgehead atoms. The van der Waals surface area contributed by atoms with Crippen LogP contribution >= 0.6 is 0 Å². The van der Waals surface area contributed by atoms with Gasteiger partial charge >= 0.3 is 152 Å². The van der Waals surface area contributed by atoms with E-state index in [4.69, 9.17) is 8.44 Å². The van der Waals surface area contributed by atoms with Gasteiger partial charge in [0.1, 0.15) is 0 Å². The van der Waals surface area contributed by atoms with Crippen LogP contribution in [-0.2, 0) is 26.0 Å². The molecule has 24 heavy (non-hydrogen) atoms. The SMILES string of the molecule is CCC(C)[O][Zr]([O]C(C)CC)([O]C(C)CC)([C]1=CC=CC1)[GeH]([F])[F]. The minimum atomic E-state index is -5.75. The first-order chi connectivity index (χ1) is 11.2. The Morgan fingerprint density at radius 2 is 1.38 bits per heavy atom. The summed E-state index contributed by atoms with van der Waals surface area (Å²) in [5.41, 5.74) is 0. The fourth-order valence-corrected chi connectivity index (χ4v) is 33.4. The third-order valence-corrected chi connectivity index (χ3v) is 35.6. The first-order valence-electron chi connectivity index (χ1n) is 9.09. The normalized spacial score (nSPS) is 20.5. The van der Waals surface area contributed by atoms with Crippen molar-refractivity contribution in [2.24, 2.45) is 0 Å². The van der Waals surface area contributed by atoms with Gasteiger partial charge in [-0.05, 0) is 0 Å². The molecule has 7 heteroatoms. The molecule has 0 N–H and O–H groups in total. The average molecular weight is 487 g/mol. The maximum absolute atomic E-state index is 15.0. The second-order valence-corrected chi connectivity index (χ2v) is 34.4. The second kappa shape index (κ2) is 9.54. The molecule has 0 heterocycles. The first kappa shape index (κ1) is 22.7. The van der Waals surface area contributed by atoms with E-state index in [1.807, 2.05) is 53.7 Å². The monoisotopic (exact) mass is 487 g/mol. The predicted molar refractivity (Wildman–Crippen MR) is 93.7 cm³/mol. The van der Waals surface area contributed by atoms with Crippen molar-refractivity contribution in [2.45, 2.75) is 85.5 Å². The summed E-state index contributed by atoms with van der Waals surface area (Å²) in [7, 11) is 0. The van der Waals surface area contributed by atoms with Crippen molar-refractivity contribution in [3.8, 4) is 0 Å². The number of hydrogen-bond donors (Lipinski definition) is 0. The van der Waals surface area contributed by atoms with Gasteiger partial charge in [-0.1, -0.05) is 0 Å². The molecule has 0 aliphatic heterocycles. The summed E-state index contributed by atoms with van der Waals surface area (Å²) in [6.45, 7) is 11.4. The van der Waals surface area contributed by atoms with E-state index < -0.39 is 29.1 Å². The molecule has 0 aromatic carbocycles. The topological polar surface area (TPSA) is 27.7 Å². The van der Waals surface area contributed by atoms with Crippen LogP contribution in [0.3, 0.4) is 0 Å². The summed E-state index contributed by atoms with van der Waals surface area (Å²) in [6.07, 6.45) is 7.04. The molecule has 1 aliphatic rings. The van der Waals surface area contributed by atoms with Crippen molar-refractivity contribution in [3.63, 3.8) is 0 Å². The van der Waals surface area contributed by atoms with E-state index in [0.29, 0.717) is 29.0 Å². The van der Waals surface area contributed by atoms with Crippen molar-refractivity contribution in [1.29, 1.82) is 0 Å². The van der Waals surface area contributed by atoms with Crippen molar-refractivity contribution in [3.05, 3.63) is 21.5 Å². The molecule has 0 aromatic heterocycles. The number of halogens is 2. The van der Waals surface area contributed by atoms with Crippen LogP contribution in [0.15, 0.2) is 21.5 Å². The molecule has 0 spiro atoms. The van der Waals surface area contributed by atoms with E-state index >= 15 is 0 Å². The molecule has 0 amide bonds. The van der Waals surface area contributed by atoms with E-state index in [9.17, 15) is 7.00 Å². The van der Waals surface area contributed by atoms with E-state index in [2.05, 4.69) is 0 Å². The number of rotatable bonds is 11.